The van der Waals surface area contributed by atoms with Crippen molar-refractivity contribution >= 4 is 0 Å². The maximum absolute atomic E-state index is 11.8. The molecule has 240 valence electrons. The fourth-order valence-corrected chi connectivity index (χ4v) is 7.29. The van der Waals surface area contributed by atoms with Gasteiger partial charge in [0.25, 0.3) is 0 Å². The van der Waals surface area contributed by atoms with E-state index in [-0.39, 0.29) is 6.42 Å². The van der Waals surface area contributed by atoms with Crippen molar-refractivity contribution in [3.8, 4) is 33.8 Å². The van der Waals surface area contributed by atoms with Gasteiger partial charge in [-0.1, -0.05) is 99.5 Å². The molecule has 0 aliphatic heterocycles. The quantitative estimate of drug-likeness (QED) is 0.188. The minimum atomic E-state index is -0.855. The summed E-state index contributed by atoms with van der Waals surface area (Å²) >= 11 is 0. The molecule has 4 heteroatoms. The SMILES string of the molecule is COc1c(-c2c(C)cc(C)cc2C)cccc1C(C)(C)[C@@H](O)C[C@H](O)C(C)(C)c1cccc(-c2c(C)cc(C)cc2C)c1OC. The topological polar surface area (TPSA) is 58.9 Å². The second-order valence-electron chi connectivity index (χ2n) is 14.0. The van der Waals surface area contributed by atoms with Gasteiger partial charge in [-0.25, -0.2) is 0 Å². The third kappa shape index (κ3) is 6.41. The van der Waals surface area contributed by atoms with Gasteiger partial charge in [0.05, 0.1) is 26.4 Å². The van der Waals surface area contributed by atoms with Crippen LogP contribution >= 0.6 is 0 Å². The number of ether oxygens (including phenoxy) is 2. The highest BCUT2D eigenvalue weighted by Gasteiger charge is 2.40. The number of benzene rings is 4. The lowest BCUT2D eigenvalue weighted by Gasteiger charge is -2.39. The van der Waals surface area contributed by atoms with Crippen LogP contribution in [-0.2, 0) is 10.8 Å². The lowest BCUT2D eigenvalue weighted by Crippen LogP contribution is -2.42. The fraction of sp³-hybridized carbons (Fsp3) is 0.415. The van der Waals surface area contributed by atoms with Gasteiger partial charge >= 0.3 is 0 Å². The van der Waals surface area contributed by atoms with Crippen LogP contribution in [0.3, 0.4) is 0 Å². The van der Waals surface area contributed by atoms with Gasteiger partial charge in [0, 0.05) is 39.5 Å². The first-order valence-electron chi connectivity index (χ1n) is 15.9. The molecule has 4 aromatic rings. The van der Waals surface area contributed by atoms with E-state index in [1.165, 1.54) is 33.4 Å². The van der Waals surface area contributed by atoms with Gasteiger partial charge in [-0.2, -0.15) is 0 Å². The van der Waals surface area contributed by atoms with E-state index in [1.807, 2.05) is 52.0 Å². The molecule has 45 heavy (non-hydrogen) atoms. The molecular weight excluding hydrogens is 556 g/mol. The lowest BCUT2D eigenvalue weighted by molar-refractivity contribution is 0.00859. The molecule has 0 radical (unpaired) electrons. The van der Waals surface area contributed by atoms with Gasteiger partial charge in [0.15, 0.2) is 0 Å². The minimum Gasteiger partial charge on any atom is -0.496 e. The van der Waals surface area contributed by atoms with Crippen molar-refractivity contribution < 1.29 is 19.7 Å². The molecule has 0 aliphatic rings. The first-order chi connectivity index (χ1) is 21.1. The molecule has 0 bridgehead atoms. The Labute approximate surface area is 271 Å². The molecule has 0 aliphatic carbocycles. The molecule has 0 spiro atoms. The van der Waals surface area contributed by atoms with Crippen LogP contribution in [0.5, 0.6) is 11.5 Å². The predicted molar refractivity (Wildman–Crippen MR) is 188 cm³/mol. The number of para-hydroxylation sites is 2. The van der Waals surface area contributed by atoms with Crippen LogP contribution in [0.2, 0.25) is 0 Å². The number of aryl methyl sites for hydroxylation is 6. The van der Waals surface area contributed by atoms with Crippen molar-refractivity contribution in [3.05, 3.63) is 105 Å². The van der Waals surface area contributed by atoms with Gasteiger partial charge in [-0.05, 0) is 74.9 Å². The summed E-state index contributed by atoms with van der Waals surface area (Å²) in [5, 5.41) is 23.7. The molecule has 0 unspecified atom stereocenters. The second kappa shape index (κ2) is 13.0. The normalized spacial score (nSPS) is 13.5. The van der Waals surface area contributed by atoms with Crippen LogP contribution in [0.4, 0.5) is 0 Å². The third-order valence-electron chi connectivity index (χ3n) is 9.83. The Kier molecular flexibility index (Phi) is 9.92. The number of hydrogen-bond donors (Lipinski definition) is 2. The Morgan fingerprint density at radius 3 is 1.16 bits per heavy atom. The summed E-state index contributed by atoms with van der Waals surface area (Å²) < 4.78 is 12.1. The standard InChI is InChI=1S/C41H52O4/c1-24-19-26(3)36(27(4)20-24)30-15-13-17-32(38(30)44-11)40(7,8)34(42)23-35(43)41(9,10)33-18-14-16-31(39(33)45-12)37-28(5)21-25(2)22-29(37)6/h13-22,34-35,42-43H,23H2,1-12H3/t34-,35-/m0/s1. The zero-order chi connectivity index (χ0) is 33.4. The zero-order valence-corrected chi connectivity index (χ0v) is 29.3. The molecule has 0 saturated heterocycles. The zero-order valence-electron chi connectivity index (χ0n) is 29.3. The van der Waals surface area contributed by atoms with Gasteiger partial charge in [0.1, 0.15) is 11.5 Å². The first-order valence-corrected chi connectivity index (χ1v) is 15.9. The summed E-state index contributed by atoms with van der Waals surface area (Å²) in [6, 6.07) is 21.1. The van der Waals surface area contributed by atoms with E-state index in [0.29, 0.717) is 0 Å². The van der Waals surface area contributed by atoms with Crippen molar-refractivity contribution in [2.45, 2.75) is 98.7 Å². The number of methoxy groups -OCH3 is 2. The maximum atomic E-state index is 11.8. The van der Waals surface area contributed by atoms with E-state index in [1.54, 1.807) is 14.2 Å². The van der Waals surface area contributed by atoms with Crippen LogP contribution < -0.4 is 9.47 Å². The average Bonchev–Trinajstić information content (AvgIpc) is 2.95. The number of aliphatic hydroxyl groups excluding tert-OH is 2. The molecule has 0 saturated carbocycles. The number of rotatable bonds is 10. The van der Waals surface area contributed by atoms with Crippen LogP contribution in [0, 0.1) is 41.5 Å². The smallest absolute Gasteiger partial charge is 0.130 e. The molecule has 4 rings (SSSR count). The first kappa shape index (κ1) is 34.3. The van der Waals surface area contributed by atoms with Crippen LogP contribution in [-0.4, -0.2) is 36.6 Å². The monoisotopic (exact) mass is 608 g/mol. The summed E-state index contributed by atoms with van der Waals surface area (Å²) in [5.41, 5.74) is 11.9. The molecular formula is C41H52O4. The van der Waals surface area contributed by atoms with Crippen molar-refractivity contribution in [3.63, 3.8) is 0 Å². The number of aliphatic hydroxyl groups is 2. The Bertz CT molecular complexity index is 1520. The summed E-state index contributed by atoms with van der Waals surface area (Å²) in [5.74, 6) is 1.51. The predicted octanol–water partition coefficient (Wildman–Crippen LogP) is 9.26. The molecule has 0 fully saturated rings. The summed E-state index contributed by atoms with van der Waals surface area (Å²) in [7, 11) is 3.39. The van der Waals surface area contributed by atoms with Crippen molar-refractivity contribution in [1.29, 1.82) is 0 Å². The highest BCUT2D eigenvalue weighted by Crippen LogP contribution is 2.46. The van der Waals surface area contributed by atoms with E-state index >= 15 is 0 Å². The summed E-state index contributed by atoms with van der Waals surface area (Å²) in [4.78, 5) is 0. The van der Waals surface area contributed by atoms with Crippen molar-refractivity contribution in [2.24, 2.45) is 0 Å². The van der Waals surface area contributed by atoms with Gasteiger partial charge in [-0.15, -0.1) is 0 Å². The Balaban J connectivity index is 1.71. The summed E-state index contributed by atoms with van der Waals surface area (Å²) in [6.07, 6.45) is -1.54. The second-order valence-corrected chi connectivity index (χ2v) is 14.0. The molecule has 4 aromatic carbocycles. The fourth-order valence-electron chi connectivity index (χ4n) is 7.29. The van der Waals surface area contributed by atoms with E-state index in [0.717, 1.165) is 44.9 Å². The van der Waals surface area contributed by atoms with E-state index in [4.69, 9.17) is 9.47 Å². The van der Waals surface area contributed by atoms with E-state index in [9.17, 15) is 10.2 Å². The Morgan fingerprint density at radius 2 is 0.867 bits per heavy atom. The molecule has 0 aromatic heterocycles. The largest absolute Gasteiger partial charge is 0.496 e. The van der Waals surface area contributed by atoms with Crippen LogP contribution in [0.15, 0.2) is 60.7 Å². The van der Waals surface area contributed by atoms with Gasteiger partial charge in [-0.3, -0.25) is 0 Å². The molecule has 4 nitrogen and oxygen atoms in total. The minimum absolute atomic E-state index is 0.173. The van der Waals surface area contributed by atoms with Crippen LogP contribution in [0.1, 0.15) is 78.6 Å². The molecule has 0 heterocycles. The highest BCUT2D eigenvalue weighted by atomic mass is 16.5. The lowest BCUT2D eigenvalue weighted by atomic mass is 9.71. The third-order valence-corrected chi connectivity index (χ3v) is 9.83. The highest BCUT2D eigenvalue weighted by molar-refractivity contribution is 5.79. The van der Waals surface area contributed by atoms with E-state index in [2.05, 4.69) is 77.9 Å². The van der Waals surface area contributed by atoms with Crippen LogP contribution in [0.25, 0.3) is 22.3 Å². The van der Waals surface area contributed by atoms with E-state index < -0.39 is 23.0 Å². The average molecular weight is 609 g/mol. The van der Waals surface area contributed by atoms with Gasteiger partial charge in [0.2, 0.25) is 0 Å². The van der Waals surface area contributed by atoms with Crippen molar-refractivity contribution in [1.82, 2.24) is 0 Å². The summed E-state index contributed by atoms with van der Waals surface area (Å²) in [6.45, 7) is 20.8. The number of hydrogen-bond acceptors (Lipinski definition) is 4. The van der Waals surface area contributed by atoms with Crippen molar-refractivity contribution in [2.75, 3.05) is 14.2 Å². The maximum Gasteiger partial charge on any atom is 0.130 e. The molecule has 2 atom stereocenters. The van der Waals surface area contributed by atoms with Gasteiger partial charge < -0.3 is 19.7 Å². The Hall–Kier alpha value is -3.60. The molecule has 0 amide bonds. The molecule has 2 N–H and O–H groups in total. The Morgan fingerprint density at radius 1 is 0.556 bits per heavy atom.